The normalized spacial score (nSPS) is 13.1. The molecule has 1 heteroatoms. The molecule has 1 aliphatic carbocycles. The molecule has 0 bridgehead atoms. The molecule has 0 fully saturated rings. The van der Waals surface area contributed by atoms with Gasteiger partial charge in [-0.3, -0.25) is 4.98 Å². The Morgan fingerprint density at radius 2 is 1.65 bits per heavy atom. The molecule has 1 aromatic heterocycles. The third-order valence-corrected chi connectivity index (χ3v) is 4.77. The van der Waals surface area contributed by atoms with Crippen molar-refractivity contribution in [1.82, 2.24) is 4.98 Å². The van der Waals surface area contributed by atoms with E-state index in [9.17, 15) is 0 Å². The van der Waals surface area contributed by atoms with E-state index < -0.39 is 0 Å². The quantitative estimate of drug-likeness (QED) is 0.611. The molecule has 1 nitrogen and oxygen atoms in total. The van der Waals surface area contributed by atoms with E-state index in [1.54, 1.807) is 0 Å². The maximum absolute atomic E-state index is 5.02. The second kappa shape index (κ2) is 6.00. The van der Waals surface area contributed by atoms with Crippen LogP contribution in [0.15, 0.2) is 60.7 Å². The van der Waals surface area contributed by atoms with Crippen LogP contribution in [0.4, 0.5) is 0 Å². The molecule has 0 saturated heterocycles. The largest absolute Gasteiger partial charge is 0.253 e. The van der Waals surface area contributed by atoms with Crippen LogP contribution in [0.2, 0.25) is 0 Å². The highest BCUT2D eigenvalue weighted by Gasteiger charge is 2.19. The second-order valence-electron chi connectivity index (χ2n) is 6.22. The Labute approximate surface area is 138 Å². The van der Waals surface area contributed by atoms with Gasteiger partial charge < -0.3 is 0 Å². The van der Waals surface area contributed by atoms with Gasteiger partial charge in [0.25, 0.3) is 0 Å². The smallest absolute Gasteiger partial charge is 0.0746 e. The van der Waals surface area contributed by atoms with Crippen LogP contribution in [-0.2, 0) is 19.3 Å². The molecule has 0 radical (unpaired) electrons. The van der Waals surface area contributed by atoms with Gasteiger partial charge in [-0.1, -0.05) is 61.5 Å². The van der Waals surface area contributed by atoms with Crippen LogP contribution in [-0.4, -0.2) is 4.98 Å². The maximum Gasteiger partial charge on any atom is 0.0746 e. The molecule has 0 saturated carbocycles. The van der Waals surface area contributed by atoms with E-state index in [4.69, 9.17) is 4.98 Å². The predicted octanol–water partition coefficient (Wildman–Crippen LogP) is 5.47. The predicted molar refractivity (Wildman–Crippen MR) is 96.5 cm³/mol. The van der Waals surface area contributed by atoms with Crippen LogP contribution in [0.5, 0.6) is 0 Å². The van der Waals surface area contributed by atoms with Crippen LogP contribution in [0.3, 0.4) is 0 Å². The van der Waals surface area contributed by atoms with Gasteiger partial charge in [0.2, 0.25) is 0 Å². The fourth-order valence-electron chi connectivity index (χ4n) is 3.58. The van der Waals surface area contributed by atoms with Crippen molar-refractivity contribution in [3.8, 4) is 22.4 Å². The van der Waals surface area contributed by atoms with Crippen LogP contribution in [0, 0.1) is 0 Å². The van der Waals surface area contributed by atoms with E-state index in [2.05, 4.69) is 67.6 Å². The van der Waals surface area contributed by atoms with Gasteiger partial charge in [0, 0.05) is 11.3 Å². The number of aryl methyl sites for hydroxylation is 2. The summed E-state index contributed by atoms with van der Waals surface area (Å²) in [4.78, 5) is 5.02. The Balaban J connectivity index is 2.01. The number of nitrogens with zero attached hydrogens (tertiary/aromatic N) is 1. The number of rotatable bonds is 2. The fourth-order valence-corrected chi connectivity index (χ4v) is 3.58. The van der Waals surface area contributed by atoms with Gasteiger partial charge in [-0.05, 0) is 54.0 Å². The minimum absolute atomic E-state index is 0.968. The Kier molecular flexibility index (Phi) is 3.70. The molecule has 0 aliphatic heterocycles. The summed E-state index contributed by atoms with van der Waals surface area (Å²) in [7, 11) is 0. The van der Waals surface area contributed by atoms with Gasteiger partial charge in [0.05, 0.1) is 5.69 Å². The van der Waals surface area contributed by atoms with E-state index in [0.29, 0.717) is 0 Å². The first-order valence-corrected chi connectivity index (χ1v) is 8.53. The molecular formula is C22H21N. The molecule has 0 unspecified atom stereocenters. The van der Waals surface area contributed by atoms with Crippen LogP contribution in [0.25, 0.3) is 22.4 Å². The molecule has 3 aromatic rings. The van der Waals surface area contributed by atoms with Gasteiger partial charge in [-0.2, -0.15) is 0 Å². The van der Waals surface area contributed by atoms with E-state index >= 15 is 0 Å². The van der Waals surface area contributed by atoms with Crippen molar-refractivity contribution < 1.29 is 0 Å². The highest BCUT2D eigenvalue weighted by molar-refractivity contribution is 5.78. The molecule has 0 amide bonds. The van der Waals surface area contributed by atoms with Crippen molar-refractivity contribution in [2.45, 2.75) is 32.6 Å². The van der Waals surface area contributed by atoms with Crippen molar-refractivity contribution in [2.75, 3.05) is 0 Å². The molecule has 1 aliphatic rings. The van der Waals surface area contributed by atoms with E-state index in [1.807, 2.05) is 0 Å². The number of hydrogen-bond donors (Lipinski definition) is 0. The summed E-state index contributed by atoms with van der Waals surface area (Å²) >= 11 is 0. The molecule has 2 aromatic carbocycles. The first kappa shape index (κ1) is 14.2. The van der Waals surface area contributed by atoms with E-state index in [0.717, 1.165) is 19.3 Å². The van der Waals surface area contributed by atoms with Crippen molar-refractivity contribution in [2.24, 2.45) is 0 Å². The summed E-state index contributed by atoms with van der Waals surface area (Å²) in [5, 5.41) is 0. The minimum Gasteiger partial charge on any atom is -0.253 e. The van der Waals surface area contributed by atoms with Crippen molar-refractivity contribution in [1.29, 1.82) is 0 Å². The second-order valence-corrected chi connectivity index (χ2v) is 6.22. The summed E-state index contributed by atoms with van der Waals surface area (Å²) in [5.74, 6) is 0. The topological polar surface area (TPSA) is 12.9 Å². The maximum atomic E-state index is 5.02. The molecule has 23 heavy (non-hydrogen) atoms. The zero-order chi connectivity index (χ0) is 15.6. The minimum atomic E-state index is 0.968. The Hall–Kier alpha value is -2.41. The number of fused-ring (bicyclic) bond motifs is 3. The van der Waals surface area contributed by atoms with Crippen molar-refractivity contribution >= 4 is 0 Å². The average Bonchev–Trinajstić information content (AvgIpc) is 2.81. The van der Waals surface area contributed by atoms with Crippen LogP contribution in [0.1, 0.15) is 30.2 Å². The molecule has 114 valence electrons. The Morgan fingerprint density at radius 3 is 2.48 bits per heavy atom. The lowest BCUT2D eigenvalue weighted by atomic mass is 9.93. The lowest BCUT2D eigenvalue weighted by Crippen LogP contribution is -2.00. The van der Waals surface area contributed by atoms with E-state index in [1.165, 1.54) is 45.6 Å². The monoisotopic (exact) mass is 299 g/mol. The van der Waals surface area contributed by atoms with Gasteiger partial charge >= 0.3 is 0 Å². The lowest BCUT2D eigenvalue weighted by Gasteiger charge is -2.15. The lowest BCUT2D eigenvalue weighted by molar-refractivity contribution is 0.833. The summed E-state index contributed by atoms with van der Waals surface area (Å²) in [5.41, 5.74) is 9.23. The van der Waals surface area contributed by atoms with Crippen LogP contribution >= 0.6 is 0 Å². The average molecular weight is 299 g/mol. The number of hydrogen-bond acceptors (Lipinski definition) is 1. The first-order chi connectivity index (χ1) is 11.4. The molecule has 0 N–H and O–H groups in total. The Morgan fingerprint density at radius 1 is 0.870 bits per heavy atom. The summed E-state index contributed by atoms with van der Waals surface area (Å²) in [6.45, 7) is 2.19. The standard InChI is InChI=1S/C22H21N/c1-2-18-15-21(17-9-4-3-5-10-17)20-14-8-12-16-11-6-7-13-19(16)22(20)23-18/h3-7,9-11,13,15H,2,8,12,14H2,1H3. The third kappa shape index (κ3) is 2.57. The van der Waals surface area contributed by atoms with Gasteiger partial charge in [0.1, 0.15) is 0 Å². The number of pyridine rings is 1. The van der Waals surface area contributed by atoms with Gasteiger partial charge in [0.15, 0.2) is 0 Å². The third-order valence-electron chi connectivity index (χ3n) is 4.77. The van der Waals surface area contributed by atoms with Crippen molar-refractivity contribution in [3.05, 3.63) is 77.5 Å². The summed E-state index contributed by atoms with van der Waals surface area (Å²) in [6, 6.07) is 21.8. The summed E-state index contributed by atoms with van der Waals surface area (Å²) in [6.07, 6.45) is 4.40. The molecule has 1 heterocycles. The first-order valence-electron chi connectivity index (χ1n) is 8.53. The van der Waals surface area contributed by atoms with Gasteiger partial charge in [-0.25, -0.2) is 0 Å². The number of benzene rings is 2. The summed E-state index contributed by atoms with van der Waals surface area (Å²) < 4.78 is 0. The number of aromatic nitrogens is 1. The van der Waals surface area contributed by atoms with E-state index in [-0.39, 0.29) is 0 Å². The zero-order valence-electron chi connectivity index (χ0n) is 13.5. The zero-order valence-corrected chi connectivity index (χ0v) is 13.5. The van der Waals surface area contributed by atoms with Crippen LogP contribution < -0.4 is 0 Å². The SMILES string of the molecule is CCc1cc(-c2ccccc2)c2c(n1)-c1ccccc1CCC2. The van der Waals surface area contributed by atoms with Gasteiger partial charge in [-0.15, -0.1) is 0 Å². The van der Waals surface area contributed by atoms with Crippen molar-refractivity contribution in [3.63, 3.8) is 0 Å². The highest BCUT2D eigenvalue weighted by Crippen LogP contribution is 2.37. The molecule has 4 rings (SSSR count). The fraction of sp³-hybridized carbons (Fsp3) is 0.227. The Bertz CT molecular complexity index is 834. The molecule has 0 spiro atoms. The highest BCUT2D eigenvalue weighted by atomic mass is 14.7. The molecular weight excluding hydrogens is 278 g/mol. The molecule has 0 atom stereocenters.